The molecular formula is C18H37BN2O2. The third kappa shape index (κ3) is 17.3. The molecule has 1 rings (SSSR count). The van der Waals surface area contributed by atoms with Crippen molar-refractivity contribution in [2.24, 2.45) is 0 Å². The van der Waals surface area contributed by atoms with Gasteiger partial charge in [0.25, 0.3) is 0 Å². The summed E-state index contributed by atoms with van der Waals surface area (Å²) in [6.07, 6.45) is 3.34. The maximum Gasteiger partial charge on any atom is 0.0726 e. The second-order valence-electron chi connectivity index (χ2n) is 5.39. The molecule has 5 heteroatoms. The Morgan fingerprint density at radius 3 is 1.48 bits per heavy atom. The van der Waals surface area contributed by atoms with Gasteiger partial charge in [-0.25, -0.2) is 0 Å². The number of hydrogen-bond acceptors (Lipinski definition) is 2. The Morgan fingerprint density at radius 2 is 1.22 bits per heavy atom. The zero-order chi connectivity index (χ0) is 17.9. The molecule has 0 aliphatic carbocycles. The first-order chi connectivity index (χ1) is 11.1. The minimum absolute atomic E-state index is 0.334. The highest BCUT2D eigenvalue weighted by atomic mass is 16.4. The molecule has 0 aromatic heterocycles. The van der Waals surface area contributed by atoms with Gasteiger partial charge in [0, 0.05) is 0 Å². The Balaban J connectivity index is 0. The quantitative estimate of drug-likeness (QED) is 0.578. The first-order valence-corrected chi connectivity index (χ1v) is 9.10. The Labute approximate surface area is 143 Å². The number of aryl methyl sites for hydroxylation is 1. The number of hydrogen-bond donors (Lipinski definition) is 2. The highest BCUT2D eigenvalue weighted by Crippen LogP contribution is 2.02. The number of rotatable bonds is 8. The molecule has 0 amide bonds. The Morgan fingerprint density at radius 1 is 0.783 bits per heavy atom. The van der Waals surface area contributed by atoms with Crippen LogP contribution < -0.4 is 26.1 Å². The van der Waals surface area contributed by atoms with Crippen molar-refractivity contribution in [3.8, 4) is 0 Å². The lowest BCUT2D eigenvalue weighted by molar-refractivity contribution is -0.648. The van der Waals surface area contributed by atoms with Gasteiger partial charge in [-0.15, -0.1) is 5.46 Å². The molecule has 0 radical (unpaired) electrons. The van der Waals surface area contributed by atoms with Gasteiger partial charge in [0.05, 0.1) is 26.2 Å². The van der Waals surface area contributed by atoms with Crippen LogP contribution in [0.1, 0.15) is 53.0 Å². The van der Waals surface area contributed by atoms with E-state index in [2.05, 4.69) is 45.3 Å². The molecule has 0 saturated heterocycles. The Bertz CT molecular complexity index is 322. The van der Waals surface area contributed by atoms with Crippen molar-refractivity contribution in [3.05, 3.63) is 29.8 Å². The van der Waals surface area contributed by atoms with Crippen molar-refractivity contribution in [2.45, 2.75) is 53.9 Å². The summed E-state index contributed by atoms with van der Waals surface area (Å²) in [5.41, 5.74) is 1.53. The van der Waals surface area contributed by atoms with E-state index in [1.54, 1.807) is 12.1 Å². The van der Waals surface area contributed by atoms with Gasteiger partial charge < -0.3 is 20.7 Å². The van der Waals surface area contributed by atoms with Crippen LogP contribution in [-0.2, 0) is 6.42 Å². The Hall–Kier alpha value is -0.875. The van der Waals surface area contributed by atoms with Crippen molar-refractivity contribution in [2.75, 3.05) is 26.2 Å². The van der Waals surface area contributed by atoms with Crippen molar-refractivity contribution < 1.29 is 20.7 Å². The highest BCUT2D eigenvalue weighted by molar-refractivity contribution is 6.55. The third-order valence-electron chi connectivity index (χ3n) is 3.23. The standard InChI is InChI=1S/C10H13BO2.2C4H11N/c1-2-3-4-9-5-7-10(8-6-9)11(12)13;2*1-3-5-4-2/h5-8H,2-4H2,1H3;2*5H,3-4H2,1-2H3/q-2;;/p+2. The van der Waals surface area contributed by atoms with E-state index >= 15 is 0 Å². The first-order valence-electron chi connectivity index (χ1n) is 9.10. The van der Waals surface area contributed by atoms with Crippen LogP contribution in [0, 0.1) is 0 Å². The lowest BCUT2D eigenvalue weighted by atomic mass is 9.80. The fraction of sp³-hybridized carbons (Fsp3) is 0.667. The summed E-state index contributed by atoms with van der Waals surface area (Å²) in [5.74, 6) is 0. The van der Waals surface area contributed by atoms with Gasteiger partial charge in [-0.1, -0.05) is 44.7 Å². The molecule has 0 atom stereocenters. The smallest absolute Gasteiger partial charge is 0.0726 e. The molecule has 0 heterocycles. The van der Waals surface area contributed by atoms with Crippen molar-refractivity contribution in [1.29, 1.82) is 0 Å². The predicted molar refractivity (Wildman–Crippen MR) is 96.5 cm³/mol. The van der Waals surface area contributed by atoms with Crippen molar-refractivity contribution >= 4 is 12.6 Å². The van der Waals surface area contributed by atoms with Crippen LogP contribution in [-0.4, -0.2) is 33.3 Å². The lowest BCUT2D eigenvalue weighted by Gasteiger charge is -2.26. The van der Waals surface area contributed by atoms with E-state index in [0.29, 0.717) is 5.46 Å². The second kappa shape index (κ2) is 19.2. The third-order valence-corrected chi connectivity index (χ3v) is 3.23. The van der Waals surface area contributed by atoms with Gasteiger partial charge in [0.1, 0.15) is 0 Å². The summed E-state index contributed by atoms with van der Waals surface area (Å²) in [4.78, 5) is 0. The molecule has 1 aromatic rings. The van der Waals surface area contributed by atoms with Gasteiger partial charge in [-0.2, -0.15) is 0 Å². The van der Waals surface area contributed by atoms with Crippen LogP contribution in [0.15, 0.2) is 24.3 Å². The largest absolute Gasteiger partial charge is 0.889 e. The molecule has 0 saturated carbocycles. The summed E-state index contributed by atoms with van der Waals surface area (Å²) >= 11 is 0. The molecule has 23 heavy (non-hydrogen) atoms. The molecule has 0 spiro atoms. The molecule has 0 unspecified atom stereocenters. The van der Waals surface area contributed by atoms with Crippen LogP contribution in [0.3, 0.4) is 0 Å². The van der Waals surface area contributed by atoms with E-state index < -0.39 is 7.12 Å². The summed E-state index contributed by atoms with van der Waals surface area (Å²) in [5, 5.41) is 25.5. The topological polar surface area (TPSA) is 79.3 Å². The van der Waals surface area contributed by atoms with E-state index in [4.69, 9.17) is 0 Å². The summed E-state index contributed by atoms with van der Waals surface area (Å²) in [6, 6.07) is 7.01. The SMILES string of the molecule is CCCCc1ccc(B([O-])[O-])cc1.CC[NH2+]CC.CC[NH2+]CC. The van der Waals surface area contributed by atoms with Gasteiger partial charge in [-0.05, 0) is 46.1 Å². The van der Waals surface area contributed by atoms with E-state index in [1.807, 2.05) is 12.1 Å². The number of quaternary nitrogens is 2. The van der Waals surface area contributed by atoms with Gasteiger partial charge >= 0.3 is 0 Å². The lowest BCUT2D eigenvalue weighted by Crippen LogP contribution is -2.82. The second-order valence-corrected chi connectivity index (χ2v) is 5.39. The molecule has 1 aromatic carbocycles. The van der Waals surface area contributed by atoms with Crippen molar-refractivity contribution in [1.82, 2.24) is 0 Å². The summed E-state index contributed by atoms with van der Waals surface area (Å²) < 4.78 is 0. The molecular weight excluding hydrogens is 287 g/mol. The predicted octanol–water partition coefficient (Wildman–Crippen LogP) is -1.38. The monoisotopic (exact) mass is 324 g/mol. The van der Waals surface area contributed by atoms with E-state index in [-0.39, 0.29) is 0 Å². The maximum absolute atomic E-state index is 10.5. The minimum Gasteiger partial charge on any atom is -0.889 e. The molecule has 0 aliphatic rings. The fourth-order valence-corrected chi connectivity index (χ4v) is 1.80. The minimum atomic E-state index is -1.85. The van der Waals surface area contributed by atoms with Crippen LogP contribution >= 0.6 is 0 Å². The maximum atomic E-state index is 10.5. The van der Waals surface area contributed by atoms with E-state index in [1.165, 1.54) is 31.7 Å². The average Bonchev–Trinajstić information content (AvgIpc) is 2.56. The number of benzene rings is 1. The fourth-order valence-electron chi connectivity index (χ4n) is 1.80. The highest BCUT2D eigenvalue weighted by Gasteiger charge is 1.92. The number of unbranched alkanes of at least 4 members (excludes halogenated alkanes) is 1. The summed E-state index contributed by atoms with van der Waals surface area (Å²) in [6.45, 7) is 15.6. The average molecular weight is 324 g/mol. The van der Waals surface area contributed by atoms with Gasteiger partial charge in [-0.3, -0.25) is 0 Å². The summed E-state index contributed by atoms with van der Waals surface area (Å²) in [7, 11) is -1.85. The van der Waals surface area contributed by atoms with Crippen LogP contribution in [0.25, 0.3) is 0 Å². The molecule has 0 aliphatic heterocycles. The molecule has 4 N–H and O–H groups in total. The molecule has 4 nitrogen and oxygen atoms in total. The molecule has 134 valence electrons. The normalized spacial score (nSPS) is 9.35. The number of nitrogens with two attached hydrogens (primary N) is 2. The van der Waals surface area contributed by atoms with Gasteiger partial charge in [0.2, 0.25) is 0 Å². The first kappa shape index (κ1) is 24.4. The zero-order valence-electron chi connectivity index (χ0n) is 15.8. The van der Waals surface area contributed by atoms with Gasteiger partial charge in [0.15, 0.2) is 0 Å². The van der Waals surface area contributed by atoms with Crippen LogP contribution in [0.2, 0.25) is 0 Å². The van der Waals surface area contributed by atoms with Crippen LogP contribution in [0.4, 0.5) is 0 Å². The van der Waals surface area contributed by atoms with Crippen LogP contribution in [0.5, 0.6) is 0 Å². The molecule has 0 bridgehead atoms. The van der Waals surface area contributed by atoms with E-state index in [0.717, 1.165) is 19.3 Å². The van der Waals surface area contributed by atoms with Crippen molar-refractivity contribution in [3.63, 3.8) is 0 Å². The van der Waals surface area contributed by atoms with E-state index in [9.17, 15) is 10.0 Å². The zero-order valence-corrected chi connectivity index (χ0v) is 15.8. The Kier molecular flexibility index (Phi) is 20.3. The molecule has 0 fully saturated rings.